The molecule has 5 nitrogen and oxygen atoms in total. The number of carbonyl (C=O) groups is 2. The Bertz CT molecular complexity index is 429. The van der Waals surface area contributed by atoms with Gasteiger partial charge in [0.1, 0.15) is 0 Å². The molecule has 19 heavy (non-hydrogen) atoms. The Hall–Kier alpha value is -1.88. The van der Waals surface area contributed by atoms with Gasteiger partial charge in [-0.1, -0.05) is 13.3 Å². The molecule has 0 bridgehead atoms. The molecule has 1 aromatic rings. The van der Waals surface area contributed by atoms with Crippen molar-refractivity contribution in [2.45, 2.75) is 32.8 Å². The van der Waals surface area contributed by atoms with Crippen LogP contribution in [-0.2, 0) is 0 Å². The molecule has 0 aromatic heterocycles. The number of hydrogen-bond donors (Lipinski definition) is 3. The summed E-state index contributed by atoms with van der Waals surface area (Å²) in [6.07, 6.45) is 1.01. The number of ketones is 1. The molecule has 3 N–H and O–H groups in total. The molecule has 104 valence electrons. The Balaban J connectivity index is 2.42. The molecule has 1 atom stereocenters. The Kier molecular flexibility index (Phi) is 6.02. The van der Waals surface area contributed by atoms with Crippen molar-refractivity contribution in [3.05, 3.63) is 29.8 Å². The number of urea groups is 1. The van der Waals surface area contributed by atoms with E-state index in [4.69, 9.17) is 0 Å². The van der Waals surface area contributed by atoms with Crippen LogP contribution in [0.25, 0.3) is 0 Å². The summed E-state index contributed by atoms with van der Waals surface area (Å²) >= 11 is 0. The summed E-state index contributed by atoms with van der Waals surface area (Å²) in [5.74, 6) is -0.0151. The van der Waals surface area contributed by atoms with Crippen LogP contribution in [0.4, 0.5) is 10.5 Å². The van der Waals surface area contributed by atoms with Crippen molar-refractivity contribution in [3.8, 4) is 0 Å². The smallest absolute Gasteiger partial charge is 0.319 e. The molecule has 0 aliphatic rings. The number of aliphatic hydroxyl groups excluding tert-OH is 1. The first-order valence-electron chi connectivity index (χ1n) is 6.36. The van der Waals surface area contributed by atoms with Gasteiger partial charge in [-0.15, -0.1) is 0 Å². The summed E-state index contributed by atoms with van der Waals surface area (Å²) in [5.41, 5.74) is 1.21. The monoisotopic (exact) mass is 264 g/mol. The summed E-state index contributed by atoms with van der Waals surface area (Å²) < 4.78 is 0. The van der Waals surface area contributed by atoms with Crippen molar-refractivity contribution < 1.29 is 14.7 Å². The van der Waals surface area contributed by atoms with Crippen LogP contribution in [0, 0.1) is 0 Å². The van der Waals surface area contributed by atoms with Gasteiger partial charge in [-0.3, -0.25) is 4.79 Å². The number of Topliss-reactive ketones (excluding diaryl/α,β-unsaturated/α-hetero) is 1. The normalized spacial score (nSPS) is 11.7. The highest BCUT2D eigenvalue weighted by Crippen LogP contribution is 2.09. The molecular weight excluding hydrogens is 244 g/mol. The van der Waals surface area contributed by atoms with Gasteiger partial charge >= 0.3 is 6.03 Å². The van der Waals surface area contributed by atoms with E-state index in [0.717, 1.165) is 6.42 Å². The van der Waals surface area contributed by atoms with E-state index >= 15 is 0 Å². The summed E-state index contributed by atoms with van der Waals surface area (Å²) in [4.78, 5) is 22.6. The van der Waals surface area contributed by atoms with Crippen molar-refractivity contribution in [2.75, 3.05) is 11.9 Å². The average molecular weight is 264 g/mol. The van der Waals surface area contributed by atoms with E-state index in [9.17, 15) is 14.7 Å². The zero-order valence-corrected chi connectivity index (χ0v) is 11.3. The van der Waals surface area contributed by atoms with E-state index < -0.39 is 6.10 Å². The molecule has 0 aliphatic heterocycles. The first-order chi connectivity index (χ1) is 9.02. The second-order valence-electron chi connectivity index (χ2n) is 4.41. The van der Waals surface area contributed by atoms with Crippen LogP contribution in [0.15, 0.2) is 24.3 Å². The summed E-state index contributed by atoms with van der Waals surface area (Å²) in [5, 5.41) is 14.7. The fraction of sp³-hybridized carbons (Fsp3) is 0.429. The second-order valence-corrected chi connectivity index (χ2v) is 4.41. The number of carbonyl (C=O) groups excluding carboxylic acids is 2. The Labute approximate surface area is 113 Å². The molecule has 0 fully saturated rings. The van der Waals surface area contributed by atoms with E-state index in [1.54, 1.807) is 24.3 Å². The number of hydrogen-bond acceptors (Lipinski definition) is 3. The van der Waals surface area contributed by atoms with E-state index in [-0.39, 0.29) is 18.4 Å². The predicted molar refractivity (Wildman–Crippen MR) is 74.4 cm³/mol. The number of rotatable bonds is 6. The van der Waals surface area contributed by atoms with Gasteiger partial charge in [0.05, 0.1) is 6.10 Å². The lowest BCUT2D eigenvalue weighted by molar-refractivity contribution is 0.101. The highest BCUT2D eigenvalue weighted by atomic mass is 16.3. The largest absolute Gasteiger partial charge is 0.391 e. The maximum atomic E-state index is 11.5. The van der Waals surface area contributed by atoms with Gasteiger partial charge in [-0.2, -0.15) is 0 Å². The van der Waals surface area contributed by atoms with Crippen LogP contribution in [0.3, 0.4) is 0 Å². The molecule has 0 spiro atoms. The van der Waals surface area contributed by atoms with Crippen molar-refractivity contribution in [1.82, 2.24) is 5.32 Å². The minimum absolute atomic E-state index is 0.0151. The van der Waals surface area contributed by atoms with Crippen LogP contribution in [-0.4, -0.2) is 29.6 Å². The number of benzene rings is 1. The Morgan fingerprint density at radius 3 is 2.42 bits per heavy atom. The van der Waals surface area contributed by atoms with Crippen LogP contribution in [0.1, 0.15) is 37.0 Å². The second kappa shape index (κ2) is 7.53. The standard InChI is InChI=1S/C14H20N2O3/c1-3-4-13(18)9-15-14(19)16-12-7-5-11(6-8-12)10(2)17/h5-8,13,18H,3-4,9H2,1-2H3,(H2,15,16,19). The predicted octanol–water partition coefficient (Wildman–Crippen LogP) is 2.17. The molecule has 1 unspecified atom stereocenters. The molecule has 1 aromatic carbocycles. The van der Waals surface area contributed by atoms with E-state index in [1.165, 1.54) is 6.92 Å². The van der Waals surface area contributed by atoms with Gasteiger partial charge in [-0.25, -0.2) is 4.79 Å². The molecule has 0 aliphatic carbocycles. The van der Waals surface area contributed by atoms with Gasteiger partial charge in [0.15, 0.2) is 5.78 Å². The number of anilines is 1. The van der Waals surface area contributed by atoms with Crippen LogP contribution >= 0.6 is 0 Å². The van der Waals surface area contributed by atoms with Crippen molar-refractivity contribution in [2.24, 2.45) is 0 Å². The Morgan fingerprint density at radius 2 is 1.89 bits per heavy atom. The van der Waals surface area contributed by atoms with E-state index in [1.807, 2.05) is 6.92 Å². The minimum Gasteiger partial charge on any atom is -0.391 e. The van der Waals surface area contributed by atoms with E-state index in [2.05, 4.69) is 10.6 Å². The molecule has 0 heterocycles. The Morgan fingerprint density at radius 1 is 1.26 bits per heavy atom. The number of nitrogens with one attached hydrogen (secondary N) is 2. The molecule has 0 saturated heterocycles. The van der Waals surface area contributed by atoms with Crippen LogP contribution in [0.2, 0.25) is 0 Å². The first-order valence-corrected chi connectivity index (χ1v) is 6.36. The lowest BCUT2D eigenvalue weighted by atomic mass is 10.1. The molecule has 1 rings (SSSR count). The summed E-state index contributed by atoms with van der Waals surface area (Å²) in [7, 11) is 0. The minimum atomic E-state index is -0.518. The summed E-state index contributed by atoms with van der Waals surface area (Å²) in [6.45, 7) is 3.69. The molecule has 2 amide bonds. The summed E-state index contributed by atoms with van der Waals surface area (Å²) in [6, 6.07) is 6.27. The average Bonchev–Trinajstić information content (AvgIpc) is 2.37. The zero-order valence-electron chi connectivity index (χ0n) is 11.3. The SMILES string of the molecule is CCCC(O)CNC(=O)Nc1ccc(C(C)=O)cc1. The van der Waals surface area contributed by atoms with Crippen molar-refractivity contribution in [3.63, 3.8) is 0 Å². The zero-order chi connectivity index (χ0) is 14.3. The van der Waals surface area contributed by atoms with Crippen LogP contribution in [0.5, 0.6) is 0 Å². The first kappa shape index (κ1) is 15.2. The van der Waals surface area contributed by atoms with Gasteiger partial charge in [0, 0.05) is 17.8 Å². The molecule has 0 radical (unpaired) electrons. The third kappa shape index (κ3) is 5.52. The maximum Gasteiger partial charge on any atom is 0.319 e. The lowest BCUT2D eigenvalue weighted by Gasteiger charge is -2.11. The van der Waals surface area contributed by atoms with Crippen molar-refractivity contribution in [1.29, 1.82) is 0 Å². The highest BCUT2D eigenvalue weighted by molar-refractivity contribution is 5.95. The third-order valence-corrected chi connectivity index (χ3v) is 2.67. The topological polar surface area (TPSA) is 78.4 Å². The molecular formula is C14H20N2O3. The third-order valence-electron chi connectivity index (χ3n) is 2.67. The van der Waals surface area contributed by atoms with Gasteiger partial charge in [0.2, 0.25) is 0 Å². The number of aliphatic hydroxyl groups is 1. The van der Waals surface area contributed by atoms with E-state index in [0.29, 0.717) is 17.7 Å². The quantitative estimate of drug-likeness (QED) is 0.689. The van der Waals surface area contributed by atoms with Gasteiger partial charge < -0.3 is 15.7 Å². The fourth-order valence-corrected chi connectivity index (χ4v) is 1.61. The fourth-order valence-electron chi connectivity index (χ4n) is 1.61. The molecule has 5 heteroatoms. The maximum absolute atomic E-state index is 11.5. The molecule has 0 saturated carbocycles. The van der Waals surface area contributed by atoms with Gasteiger partial charge in [-0.05, 0) is 37.6 Å². The van der Waals surface area contributed by atoms with Crippen LogP contribution < -0.4 is 10.6 Å². The number of amides is 2. The van der Waals surface area contributed by atoms with Gasteiger partial charge in [0.25, 0.3) is 0 Å². The lowest BCUT2D eigenvalue weighted by Crippen LogP contribution is -2.35. The highest BCUT2D eigenvalue weighted by Gasteiger charge is 2.06. The van der Waals surface area contributed by atoms with Crippen molar-refractivity contribution >= 4 is 17.5 Å².